The van der Waals surface area contributed by atoms with Crippen molar-refractivity contribution in [2.75, 3.05) is 18.9 Å². The molecule has 1 aliphatic heterocycles. The zero-order valence-corrected chi connectivity index (χ0v) is 22.5. The molecule has 1 fully saturated rings. The molecule has 7 heteroatoms. The maximum Gasteiger partial charge on any atom is 0.331 e. The quantitative estimate of drug-likeness (QED) is 0.401. The second-order valence-electron chi connectivity index (χ2n) is 11.5. The molecule has 37 heavy (non-hydrogen) atoms. The van der Waals surface area contributed by atoms with Crippen LogP contribution < -0.4 is 16.6 Å². The van der Waals surface area contributed by atoms with E-state index in [-0.39, 0.29) is 16.7 Å². The Morgan fingerprint density at radius 1 is 0.973 bits per heavy atom. The number of rotatable bonds is 6. The SMILES string of the molecule is CN1CCCC1c1ccc(Cn2cc3c(c2Nc2ccccc2)c(=O)n(C)c(=O)n3CC(C)(C)C)cc1. The molecule has 194 valence electrons. The van der Waals surface area contributed by atoms with Crippen LogP contribution in [-0.4, -0.2) is 32.2 Å². The van der Waals surface area contributed by atoms with Gasteiger partial charge in [0.15, 0.2) is 0 Å². The monoisotopic (exact) mass is 499 g/mol. The number of anilines is 2. The van der Waals surface area contributed by atoms with Crippen molar-refractivity contribution >= 4 is 22.4 Å². The van der Waals surface area contributed by atoms with E-state index in [2.05, 4.69) is 66.9 Å². The number of aromatic nitrogens is 3. The van der Waals surface area contributed by atoms with Crippen molar-refractivity contribution in [1.29, 1.82) is 0 Å². The van der Waals surface area contributed by atoms with Gasteiger partial charge in [0.25, 0.3) is 5.56 Å². The predicted molar refractivity (Wildman–Crippen MR) is 151 cm³/mol. The molecule has 7 nitrogen and oxygen atoms in total. The number of nitrogens with one attached hydrogen (secondary N) is 1. The fourth-order valence-corrected chi connectivity index (χ4v) is 5.41. The van der Waals surface area contributed by atoms with Gasteiger partial charge < -0.3 is 9.88 Å². The van der Waals surface area contributed by atoms with Crippen LogP contribution in [0.25, 0.3) is 10.9 Å². The Balaban J connectivity index is 1.62. The van der Waals surface area contributed by atoms with Crippen LogP contribution in [0, 0.1) is 5.41 Å². The highest BCUT2D eigenvalue weighted by molar-refractivity contribution is 5.92. The van der Waals surface area contributed by atoms with Crippen LogP contribution >= 0.6 is 0 Å². The summed E-state index contributed by atoms with van der Waals surface area (Å²) in [5, 5.41) is 4.01. The molecular formula is C30H37N5O2. The molecule has 3 heterocycles. The Bertz CT molecular complexity index is 1520. The number of nitrogens with zero attached hydrogens (tertiary/aromatic N) is 4. The van der Waals surface area contributed by atoms with Crippen molar-refractivity contribution in [2.24, 2.45) is 12.5 Å². The van der Waals surface area contributed by atoms with E-state index in [1.807, 2.05) is 36.5 Å². The number of para-hydroxylation sites is 1. The summed E-state index contributed by atoms with van der Waals surface area (Å²) in [6.45, 7) is 8.52. The van der Waals surface area contributed by atoms with E-state index in [0.29, 0.717) is 35.9 Å². The van der Waals surface area contributed by atoms with E-state index < -0.39 is 0 Å². The first kappa shape index (κ1) is 25.1. The average molecular weight is 500 g/mol. The summed E-state index contributed by atoms with van der Waals surface area (Å²) >= 11 is 0. The molecule has 1 unspecified atom stereocenters. The second kappa shape index (κ2) is 9.71. The van der Waals surface area contributed by atoms with Gasteiger partial charge in [-0.05, 0) is 55.1 Å². The van der Waals surface area contributed by atoms with E-state index in [4.69, 9.17) is 0 Å². The Morgan fingerprint density at radius 3 is 2.30 bits per heavy atom. The third-order valence-electron chi connectivity index (χ3n) is 7.29. The highest BCUT2D eigenvalue weighted by Gasteiger charge is 2.24. The molecule has 1 saturated heterocycles. The van der Waals surface area contributed by atoms with Gasteiger partial charge in [0, 0.05) is 38.1 Å². The van der Waals surface area contributed by atoms with Crippen molar-refractivity contribution in [3.05, 3.63) is 92.8 Å². The topological polar surface area (TPSA) is 64.2 Å². The molecule has 5 rings (SSSR count). The van der Waals surface area contributed by atoms with E-state index in [0.717, 1.165) is 17.8 Å². The number of likely N-dealkylation sites (tertiary alicyclic amines) is 1. The van der Waals surface area contributed by atoms with E-state index in [9.17, 15) is 9.59 Å². The van der Waals surface area contributed by atoms with E-state index in [1.165, 1.54) is 23.0 Å². The molecule has 1 aliphatic rings. The standard InChI is InChI=1S/C30H37N5O2/c1-30(2,3)20-35-25-19-34(18-21-13-15-22(16-14-21)24-12-9-17-32(24)4)27(31-23-10-7-6-8-11-23)26(25)28(36)33(5)29(35)37/h6-8,10-11,13-16,19,24,31H,9,12,17-18,20H2,1-5H3. The molecule has 1 N–H and O–H groups in total. The van der Waals surface area contributed by atoms with Crippen LogP contribution in [0.3, 0.4) is 0 Å². The summed E-state index contributed by atoms with van der Waals surface area (Å²) < 4.78 is 5.03. The Labute approximate surface area is 218 Å². The maximum atomic E-state index is 13.5. The molecule has 0 bridgehead atoms. The fourth-order valence-electron chi connectivity index (χ4n) is 5.41. The van der Waals surface area contributed by atoms with Crippen LogP contribution in [0.4, 0.5) is 11.5 Å². The normalized spacial score (nSPS) is 16.5. The number of benzene rings is 2. The minimum absolute atomic E-state index is 0.132. The number of hydrogen-bond acceptors (Lipinski definition) is 4. The smallest absolute Gasteiger partial charge is 0.331 e. The van der Waals surface area contributed by atoms with Crippen LogP contribution in [0.5, 0.6) is 0 Å². The van der Waals surface area contributed by atoms with Gasteiger partial charge in [-0.25, -0.2) is 4.79 Å². The second-order valence-corrected chi connectivity index (χ2v) is 11.5. The van der Waals surface area contributed by atoms with Gasteiger partial charge in [0.05, 0.1) is 5.52 Å². The van der Waals surface area contributed by atoms with Crippen LogP contribution in [0.1, 0.15) is 50.8 Å². The molecule has 0 amide bonds. The van der Waals surface area contributed by atoms with Crippen molar-refractivity contribution in [3.8, 4) is 0 Å². The van der Waals surface area contributed by atoms with Crippen LogP contribution in [0.15, 0.2) is 70.4 Å². The molecule has 0 saturated carbocycles. The van der Waals surface area contributed by atoms with Crippen molar-refractivity contribution in [3.63, 3.8) is 0 Å². The molecule has 1 atom stereocenters. The summed E-state index contributed by atoms with van der Waals surface area (Å²) in [4.78, 5) is 29.1. The van der Waals surface area contributed by atoms with E-state index in [1.54, 1.807) is 11.6 Å². The van der Waals surface area contributed by atoms with Gasteiger partial charge in [0.2, 0.25) is 0 Å². The lowest BCUT2D eigenvalue weighted by molar-refractivity contribution is 0.317. The van der Waals surface area contributed by atoms with Gasteiger partial charge >= 0.3 is 5.69 Å². The molecule has 4 aromatic rings. The zero-order valence-electron chi connectivity index (χ0n) is 22.5. The van der Waals surface area contributed by atoms with Gasteiger partial charge in [-0.3, -0.25) is 18.8 Å². The van der Waals surface area contributed by atoms with Crippen LogP contribution in [-0.2, 0) is 20.1 Å². The first-order valence-corrected chi connectivity index (χ1v) is 13.1. The summed E-state index contributed by atoms with van der Waals surface area (Å²) in [7, 11) is 3.75. The van der Waals surface area contributed by atoms with Gasteiger partial charge in [-0.2, -0.15) is 0 Å². The zero-order chi connectivity index (χ0) is 26.3. The average Bonchev–Trinajstić information content (AvgIpc) is 3.45. The number of fused-ring (bicyclic) bond motifs is 1. The molecule has 0 spiro atoms. The number of hydrogen-bond donors (Lipinski definition) is 1. The third kappa shape index (κ3) is 5.01. The predicted octanol–water partition coefficient (Wildman–Crippen LogP) is 5.11. The Kier molecular flexibility index (Phi) is 6.58. The van der Waals surface area contributed by atoms with Crippen molar-refractivity contribution in [2.45, 2.75) is 52.7 Å². The maximum absolute atomic E-state index is 13.5. The summed E-state index contributed by atoms with van der Waals surface area (Å²) in [6, 6.07) is 19.1. The summed E-state index contributed by atoms with van der Waals surface area (Å²) in [5.41, 5.74) is 3.32. The molecular weight excluding hydrogens is 462 g/mol. The largest absolute Gasteiger partial charge is 0.341 e. The highest BCUT2D eigenvalue weighted by Crippen LogP contribution is 2.31. The van der Waals surface area contributed by atoms with Crippen molar-refractivity contribution < 1.29 is 0 Å². The van der Waals surface area contributed by atoms with Gasteiger partial charge in [0.1, 0.15) is 11.2 Å². The lowest BCUT2D eigenvalue weighted by Crippen LogP contribution is -2.39. The Morgan fingerprint density at radius 2 is 1.68 bits per heavy atom. The fraction of sp³-hybridized carbons (Fsp3) is 0.400. The summed E-state index contributed by atoms with van der Waals surface area (Å²) in [5.74, 6) is 0.698. The molecule has 2 aromatic carbocycles. The molecule has 0 aliphatic carbocycles. The van der Waals surface area contributed by atoms with Crippen molar-refractivity contribution in [1.82, 2.24) is 18.6 Å². The highest BCUT2D eigenvalue weighted by atomic mass is 16.2. The first-order valence-electron chi connectivity index (χ1n) is 13.1. The lowest BCUT2D eigenvalue weighted by Gasteiger charge is -2.21. The van der Waals surface area contributed by atoms with E-state index >= 15 is 0 Å². The lowest BCUT2D eigenvalue weighted by atomic mass is 9.97. The molecule has 0 radical (unpaired) electrons. The Hall–Kier alpha value is -3.58. The van der Waals surface area contributed by atoms with Gasteiger partial charge in [-0.1, -0.05) is 63.2 Å². The molecule has 2 aromatic heterocycles. The first-order chi connectivity index (χ1) is 17.6. The minimum atomic E-state index is -0.291. The summed E-state index contributed by atoms with van der Waals surface area (Å²) in [6.07, 6.45) is 4.38. The minimum Gasteiger partial charge on any atom is -0.341 e. The van der Waals surface area contributed by atoms with Crippen LogP contribution in [0.2, 0.25) is 0 Å². The third-order valence-corrected chi connectivity index (χ3v) is 7.29. The van der Waals surface area contributed by atoms with Gasteiger partial charge in [-0.15, -0.1) is 0 Å².